The Hall–Kier alpha value is -1.55. The van der Waals surface area contributed by atoms with Gasteiger partial charge in [0.25, 0.3) is 0 Å². The standard InChI is InChI=1S/C13H19N3O/c1-10-5-2-3-7-12(10)16-13(17)15-9-11-6-4-8-14-11/h2-3,5,7,11,14H,4,6,8-9H2,1H3,(H2,15,16,17). The van der Waals surface area contributed by atoms with Crippen LogP contribution in [0.5, 0.6) is 0 Å². The van der Waals surface area contributed by atoms with Crippen LogP contribution in [0.15, 0.2) is 24.3 Å². The molecule has 17 heavy (non-hydrogen) atoms. The molecule has 1 aromatic rings. The van der Waals surface area contributed by atoms with E-state index in [4.69, 9.17) is 0 Å². The normalized spacial score (nSPS) is 19.0. The van der Waals surface area contributed by atoms with Crippen LogP contribution in [0.2, 0.25) is 0 Å². The molecule has 2 rings (SSSR count). The van der Waals surface area contributed by atoms with Crippen LogP contribution in [0, 0.1) is 6.92 Å². The quantitative estimate of drug-likeness (QED) is 0.746. The minimum atomic E-state index is -0.131. The molecule has 0 saturated carbocycles. The van der Waals surface area contributed by atoms with Gasteiger partial charge in [-0.3, -0.25) is 0 Å². The largest absolute Gasteiger partial charge is 0.336 e. The number of benzene rings is 1. The number of rotatable bonds is 3. The van der Waals surface area contributed by atoms with Crippen LogP contribution in [-0.4, -0.2) is 25.2 Å². The smallest absolute Gasteiger partial charge is 0.319 e. The van der Waals surface area contributed by atoms with Crippen molar-refractivity contribution in [3.8, 4) is 0 Å². The van der Waals surface area contributed by atoms with Crippen LogP contribution in [0.4, 0.5) is 10.5 Å². The maximum absolute atomic E-state index is 11.7. The topological polar surface area (TPSA) is 53.2 Å². The van der Waals surface area contributed by atoms with Crippen LogP contribution in [0.25, 0.3) is 0 Å². The number of hydrogen-bond donors (Lipinski definition) is 3. The lowest BCUT2D eigenvalue weighted by Crippen LogP contribution is -2.39. The van der Waals surface area contributed by atoms with Crippen molar-refractivity contribution < 1.29 is 4.79 Å². The van der Waals surface area contributed by atoms with Crippen molar-refractivity contribution in [2.75, 3.05) is 18.4 Å². The summed E-state index contributed by atoms with van der Waals surface area (Å²) in [5, 5.41) is 9.09. The van der Waals surface area contributed by atoms with Crippen molar-refractivity contribution in [1.82, 2.24) is 10.6 Å². The number of amides is 2. The molecule has 0 radical (unpaired) electrons. The lowest BCUT2D eigenvalue weighted by atomic mass is 10.2. The highest BCUT2D eigenvalue weighted by Gasteiger charge is 2.14. The first-order valence-electron chi connectivity index (χ1n) is 6.09. The van der Waals surface area contributed by atoms with Gasteiger partial charge >= 0.3 is 6.03 Å². The Morgan fingerprint density at radius 2 is 2.29 bits per heavy atom. The second-order valence-corrected chi connectivity index (χ2v) is 4.44. The molecule has 0 bridgehead atoms. The maximum Gasteiger partial charge on any atom is 0.319 e. The van der Waals surface area contributed by atoms with Gasteiger partial charge in [0, 0.05) is 18.3 Å². The van der Waals surface area contributed by atoms with Gasteiger partial charge in [0.1, 0.15) is 0 Å². The van der Waals surface area contributed by atoms with Crippen molar-refractivity contribution in [3.63, 3.8) is 0 Å². The van der Waals surface area contributed by atoms with Gasteiger partial charge in [0.05, 0.1) is 0 Å². The van der Waals surface area contributed by atoms with E-state index in [1.165, 1.54) is 6.42 Å². The molecule has 1 atom stereocenters. The van der Waals surface area contributed by atoms with E-state index in [9.17, 15) is 4.79 Å². The highest BCUT2D eigenvalue weighted by molar-refractivity contribution is 5.90. The zero-order chi connectivity index (χ0) is 12.1. The molecule has 2 amide bonds. The number of aryl methyl sites for hydroxylation is 1. The van der Waals surface area contributed by atoms with Crippen LogP contribution in [0.1, 0.15) is 18.4 Å². The average molecular weight is 233 g/mol. The number of urea groups is 1. The molecule has 1 saturated heterocycles. The van der Waals surface area contributed by atoms with E-state index in [2.05, 4.69) is 16.0 Å². The van der Waals surface area contributed by atoms with E-state index in [1.807, 2.05) is 31.2 Å². The zero-order valence-electron chi connectivity index (χ0n) is 10.1. The molecule has 0 spiro atoms. The zero-order valence-corrected chi connectivity index (χ0v) is 10.1. The SMILES string of the molecule is Cc1ccccc1NC(=O)NCC1CCCN1. The molecule has 1 aromatic carbocycles. The summed E-state index contributed by atoms with van der Waals surface area (Å²) < 4.78 is 0. The Balaban J connectivity index is 1.79. The maximum atomic E-state index is 11.7. The number of nitrogens with one attached hydrogen (secondary N) is 3. The second kappa shape index (κ2) is 5.68. The summed E-state index contributed by atoms with van der Waals surface area (Å²) in [7, 11) is 0. The number of hydrogen-bond acceptors (Lipinski definition) is 2. The molecule has 92 valence electrons. The highest BCUT2D eigenvalue weighted by atomic mass is 16.2. The minimum Gasteiger partial charge on any atom is -0.336 e. The number of carbonyl (C=O) groups is 1. The fraction of sp³-hybridized carbons (Fsp3) is 0.462. The van der Waals surface area contributed by atoms with Crippen LogP contribution < -0.4 is 16.0 Å². The lowest BCUT2D eigenvalue weighted by molar-refractivity contribution is 0.251. The minimum absolute atomic E-state index is 0.131. The molecule has 1 aliphatic heterocycles. The summed E-state index contributed by atoms with van der Waals surface area (Å²) in [6.07, 6.45) is 2.34. The van der Waals surface area contributed by atoms with Crippen molar-refractivity contribution in [2.45, 2.75) is 25.8 Å². The Morgan fingerprint density at radius 1 is 1.47 bits per heavy atom. The number of carbonyl (C=O) groups excluding carboxylic acids is 1. The van der Waals surface area contributed by atoms with Gasteiger partial charge in [-0.25, -0.2) is 4.79 Å². The van der Waals surface area contributed by atoms with Gasteiger partial charge in [0.15, 0.2) is 0 Å². The summed E-state index contributed by atoms with van der Waals surface area (Å²) in [4.78, 5) is 11.7. The first kappa shape index (κ1) is 11.9. The van der Waals surface area contributed by atoms with Gasteiger partial charge in [-0.15, -0.1) is 0 Å². The van der Waals surface area contributed by atoms with E-state index in [0.29, 0.717) is 12.6 Å². The Bertz CT molecular complexity index is 386. The molecule has 1 unspecified atom stereocenters. The van der Waals surface area contributed by atoms with E-state index in [-0.39, 0.29) is 6.03 Å². The average Bonchev–Trinajstić information content (AvgIpc) is 2.82. The summed E-state index contributed by atoms with van der Waals surface area (Å²) >= 11 is 0. The Kier molecular flexibility index (Phi) is 3.98. The van der Waals surface area contributed by atoms with Crippen molar-refractivity contribution in [1.29, 1.82) is 0 Å². The van der Waals surface area contributed by atoms with Crippen LogP contribution in [-0.2, 0) is 0 Å². The van der Waals surface area contributed by atoms with E-state index in [0.717, 1.165) is 24.2 Å². The van der Waals surface area contributed by atoms with Gasteiger partial charge in [-0.05, 0) is 37.9 Å². The highest BCUT2D eigenvalue weighted by Crippen LogP contribution is 2.12. The molecule has 1 fully saturated rings. The summed E-state index contributed by atoms with van der Waals surface area (Å²) in [6.45, 7) is 3.73. The Labute approximate surface area is 102 Å². The first-order chi connectivity index (χ1) is 8.25. The predicted molar refractivity (Wildman–Crippen MR) is 69.2 cm³/mol. The van der Waals surface area contributed by atoms with Gasteiger partial charge < -0.3 is 16.0 Å². The summed E-state index contributed by atoms with van der Waals surface area (Å²) in [5.74, 6) is 0. The van der Waals surface area contributed by atoms with Crippen molar-refractivity contribution in [3.05, 3.63) is 29.8 Å². The van der Waals surface area contributed by atoms with Crippen molar-refractivity contribution in [2.24, 2.45) is 0 Å². The molecular formula is C13H19N3O. The van der Waals surface area contributed by atoms with Gasteiger partial charge in [-0.1, -0.05) is 18.2 Å². The van der Waals surface area contributed by atoms with E-state index < -0.39 is 0 Å². The van der Waals surface area contributed by atoms with Gasteiger partial charge in [-0.2, -0.15) is 0 Å². The molecule has 0 aromatic heterocycles. The van der Waals surface area contributed by atoms with E-state index >= 15 is 0 Å². The third-order valence-corrected chi connectivity index (χ3v) is 3.06. The first-order valence-corrected chi connectivity index (χ1v) is 6.09. The number of anilines is 1. The third kappa shape index (κ3) is 3.46. The molecule has 4 nitrogen and oxygen atoms in total. The van der Waals surface area contributed by atoms with Crippen LogP contribution in [0.3, 0.4) is 0 Å². The van der Waals surface area contributed by atoms with E-state index in [1.54, 1.807) is 0 Å². The van der Waals surface area contributed by atoms with Gasteiger partial charge in [0.2, 0.25) is 0 Å². The summed E-state index contributed by atoms with van der Waals surface area (Å²) in [6, 6.07) is 8.06. The molecule has 3 N–H and O–H groups in total. The summed E-state index contributed by atoms with van der Waals surface area (Å²) in [5.41, 5.74) is 1.94. The monoisotopic (exact) mass is 233 g/mol. The lowest BCUT2D eigenvalue weighted by Gasteiger charge is -2.13. The van der Waals surface area contributed by atoms with Crippen LogP contribution >= 0.6 is 0 Å². The molecule has 1 aliphatic rings. The molecular weight excluding hydrogens is 214 g/mol. The Morgan fingerprint density at radius 3 is 3.00 bits per heavy atom. The molecule has 1 heterocycles. The second-order valence-electron chi connectivity index (χ2n) is 4.44. The fourth-order valence-electron chi connectivity index (χ4n) is 2.03. The molecule has 4 heteroatoms. The molecule has 0 aliphatic carbocycles. The fourth-order valence-corrected chi connectivity index (χ4v) is 2.03. The van der Waals surface area contributed by atoms with Crippen molar-refractivity contribution >= 4 is 11.7 Å². The number of para-hydroxylation sites is 1. The third-order valence-electron chi connectivity index (χ3n) is 3.06. The predicted octanol–water partition coefficient (Wildman–Crippen LogP) is 1.87.